The zero-order chi connectivity index (χ0) is 19.4. The Kier molecular flexibility index (Phi) is 10.2. The van der Waals surface area contributed by atoms with Gasteiger partial charge in [-0.1, -0.05) is 0 Å². The first-order valence-corrected chi connectivity index (χ1v) is 7.16. The molecule has 0 bridgehead atoms. The number of nitrogens with one attached hydrogen (secondary N) is 5. The summed E-state index contributed by atoms with van der Waals surface area (Å²) in [5.41, 5.74) is 9.82. The number of carboxylic acid groups (broad SMARTS) is 3. The normalized spacial score (nSPS) is 12.6. The molecule has 0 rings (SSSR count). The number of amides is 1. The van der Waals surface area contributed by atoms with Gasteiger partial charge < -0.3 is 31.7 Å². The predicted molar refractivity (Wildman–Crippen MR) is 83.5 cm³/mol. The summed E-state index contributed by atoms with van der Waals surface area (Å²) in [6, 6.07) is -2.62. The SMILES string of the molecule is N=C(N)NCCC[C@H](NNCC(=O)N[C@@H](CC(=O)O)C(=O)O)C(=O)O. The molecule has 0 fully saturated rings. The average molecular weight is 362 g/mol. The van der Waals surface area contributed by atoms with Gasteiger partial charge in [0.2, 0.25) is 5.91 Å². The van der Waals surface area contributed by atoms with Crippen molar-refractivity contribution in [2.75, 3.05) is 13.1 Å². The standard InChI is InChI=1S/C12H22N6O7/c13-12(14)15-3-1-2-6(10(22)23)18-16-5-8(19)17-7(11(24)25)4-9(20)21/h6-7,16,18H,1-5H2,(H,17,19)(H,20,21)(H,22,23)(H,24,25)(H4,13,14,15)/t6-,7-/m0/s1. The van der Waals surface area contributed by atoms with Gasteiger partial charge in [-0.25, -0.2) is 15.6 Å². The van der Waals surface area contributed by atoms with Gasteiger partial charge in [-0.05, 0) is 12.8 Å². The largest absolute Gasteiger partial charge is 0.481 e. The maximum Gasteiger partial charge on any atom is 0.326 e. The maximum absolute atomic E-state index is 11.6. The third kappa shape index (κ3) is 11.3. The Bertz CT molecular complexity index is 512. The molecule has 0 saturated carbocycles. The van der Waals surface area contributed by atoms with E-state index in [1.54, 1.807) is 0 Å². The highest BCUT2D eigenvalue weighted by atomic mass is 16.4. The number of nitrogens with two attached hydrogens (primary N) is 1. The van der Waals surface area contributed by atoms with Crippen molar-refractivity contribution in [3.05, 3.63) is 0 Å². The molecule has 0 spiro atoms. The minimum Gasteiger partial charge on any atom is -0.481 e. The Hall–Kier alpha value is -2.93. The highest BCUT2D eigenvalue weighted by molar-refractivity contribution is 5.87. The van der Waals surface area contributed by atoms with Crippen LogP contribution in [0, 0.1) is 5.41 Å². The fourth-order valence-electron chi connectivity index (χ4n) is 1.66. The Morgan fingerprint density at radius 1 is 1.04 bits per heavy atom. The molecule has 0 aliphatic rings. The van der Waals surface area contributed by atoms with Crippen LogP contribution in [0.25, 0.3) is 0 Å². The van der Waals surface area contributed by atoms with Crippen molar-refractivity contribution < 1.29 is 34.5 Å². The molecule has 0 aromatic rings. The van der Waals surface area contributed by atoms with Gasteiger partial charge >= 0.3 is 17.9 Å². The fraction of sp³-hybridized carbons (Fsp3) is 0.583. The van der Waals surface area contributed by atoms with Gasteiger partial charge in [0.05, 0.1) is 13.0 Å². The number of carboxylic acids is 3. The second-order valence-corrected chi connectivity index (χ2v) is 4.93. The molecular weight excluding hydrogens is 340 g/mol. The van der Waals surface area contributed by atoms with Crippen LogP contribution in [-0.2, 0) is 19.2 Å². The number of aliphatic carboxylic acids is 3. The molecule has 0 aromatic carbocycles. The summed E-state index contributed by atoms with van der Waals surface area (Å²) < 4.78 is 0. The Morgan fingerprint density at radius 3 is 2.12 bits per heavy atom. The summed E-state index contributed by atoms with van der Waals surface area (Å²) in [6.45, 7) is -0.157. The van der Waals surface area contributed by atoms with Crippen LogP contribution in [0.1, 0.15) is 19.3 Å². The summed E-state index contributed by atoms with van der Waals surface area (Å²) in [6.07, 6.45) is -0.229. The number of carbonyl (C=O) groups excluding carboxylic acids is 1. The minimum atomic E-state index is -1.58. The van der Waals surface area contributed by atoms with Gasteiger partial charge in [0.15, 0.2) is 5.96 Å². The highest BCUT2D eigenvalue weighted by Crippen LogP contribution is 1.96. The molecule has 0 radical (unpaired) electrons. The monoisotopic (exact) mass is 362 g/mol. The van der Waals surface area contributed by atoms with E-state index in [-0.39, 0.29) is 12.4 Å². The molecule has 0 unspecified atom stereocenters. The second kappa shape index (κ2) is 11.6. The van der Waals surface area contributed by atoms with Crippen LogP contribution in [0.2, 0.25) is 0 Å². The van der Waals surface area contributed by atoms with E-state index in [1.165, 1.54) is 0 Å². The van der Waals surface area contributed by atoms with E-state index in [9.17, 15) is 19.2 Å². The van der Waals surface area contributed by atoms with Crippen molar-refractivity contribution in [1.82, 2.24) is 21.5 Å². The highest BCUT2D eigenvalue weighted by Gasteiger charge is 2.23. The van der Waals surface area contributed by atoms with E-state index in [2.05, 4.69) is 16.2 Å². The van der Waals surface area contributed by atoms with E-state index >= 15 is 0 Å². The van der Waals surface area contributed by atoms with Crippen LogP contribution >= 0.6 is 0 Å². The maximum atomic E-state index is 11.6. The predicted octanol–water partition coefficient (Wildman–Crippen LogP) is -3.16. The van der Waals surface area contributed by atoms with Gasteiger partial charge in [-0.15, -0.1) is 0 Å². The fourth-order valence-corrected chi connectivity index (χ4v) is 1.66. The van der Waals surface area contributed by atoms with Crippen molar-refractivity contribution in [3.63, 3.8) is 0 Å². The minimum absolute atomic E-state index is 0.168. The molecule has 25 heavy (non-hydrogen) atoms. The van der Waals surface area contributed by atoms with E-state index in [4.69, 9.17) is 26.5 Å². The molecule has 0 aliphatic heterocycles. The first-order valence-electron chi connectivity index (χ1n) is 7.16. The quantitative estimate of drug-likeness (QED) is 0.0687. The smallest absolute Gasteiger partial charge is 0.326 e. The summed E-state index contributed by atoms with van der Waals surface area (Å²) in [5.74, 6) is -5.11. The number of hydrogen-bond acceptors (Lipinski definition) is 7. The zero-order valence-corrected chi connectivity index (χ0v) is 13.2. The molecule has 0 aromatic heterocycles. The third-order valence-electron chi connectivity index (χ3n) is 2.82. The lowest BCUT2D eigenvalue weighted by atomic mass is 10.1. The Morgan fingerprint density at radius 2 is 1.64 bits per heavy atom. The number of rotatable bonds is 13. The zero-order valence-electron chi connectivity index (χ0n) is 13.2. The van der Waals surface area contributed by atoms with E-state index in [0.717, 1.165) is 0 Å². The van der Waals surface area contributed by atoms with Gasteiger partial charge in [0, 0.05) is 6.54 Å². The molecule has 0 aliphatic carbocycles. The molecule has 10 N–H and O–H groups in total. The molecule has 142 valence electrons. The van der Waals surface area contributed by atoms with Crippen molar-refractivity contribution in [2.24, 2.45) is 5.73 Å². The average Bonchev–Trinajstić information content (AvgIpc) is 2.47. The number of hydrogen-bond donors (Lipinski definition) is 9. The number of carbonyl (C=O) groups is 4. The summed E-state index contributed by atoms with van der Waals surface area (Å²) in [7, 11) is 0. The van der Waals surface area contributed by atoms with Crippen molar-refractivity contribution in [1.29, 1.82) is 5.41 Å². The van der Waals surface area contributed by atoms with Gasteiger partial charge in [-0.2, -0.15) is 0 Å². The van der Waals surface area contributed by atoms with Crippen LogP contribution in [0.3, 0.4) is 0 Å². The number of guanidine groups is 1. The van der Waals surface area contributed by atoms with E-state index < -0.39 is 48.9 Å². The molecule has 1 amide bonds. The van der Waals surface area contributed by atoms with Gasteiger partial charge in [0.25, 0.3) is 0 Å². The number of hydrazine groups is 1. The lowest BCUT2D eigenvalue weighted by Gasteiger charge is -2.16. The van der Waals surface area contributed by atoms with Crippen LogP contribution in [0.15, 0.2) is 0 Å². The summed E-state index contributed by atoms with van der Waals surface area (Å²) in [4.78, 5) is 43.9. The molecule has 0 heterocycles. The molecule has 13 heteroatoms. The molecular formula is C12H22N6O7. The van der Waals surface area contributed by atoms with Crippen LogP contribution in [0.5, 0.6) is 0 Å². The Labute approximate surface area is 142 Å². The van der Waals surface area contributed by atoms with Crippen LogP contribution in [-0.4, -0.2) is 70.3 Å². The molecule has 2 atom stereocenters. The molecule has 0 saturated heterocycles. The Balaban J connectivity index is 4.23. The first kappa shape index (κ1) is 22.1. The second-order valence-electron chi connectivity index (χ2n) is 4.93. The lowest BCUT2D eigenvalue weighted by Crippen LogP contribution is -2.51. The van der Waals surface area contributed by atoms with Crippen molar-refractivity contribution in [2.45, 2.75) is 31.3 Å². The topological polar surface area (TPSA) is 227 Å². The first-order chi connectivity index (χ1) is 11.6. The van der Waals surface area contributed by atoms with E-state index in [1.807, 2.05) is 5.32 Å². The summed E-state index contributed by atoms with van der Waals surface area (Å²) in [5, 5.41) is 37.8. The van der Waals surface area contributed by atoms with Crippen LogP contribution in [0.4, 0.5) is 0 Å². The van der Waals surface area contributed by atoms with Crippen molar-refractivity contribution >= 4 is 29.8 Å². The van der Waals surface area contributed by atoms with Gasteiger partial charge in [-0.3, -0.25) is 19.8 Å². The van der Waals surface area contributed by atoms with Crippen molar-refractivity contribution in [3.8, 4) is 0 Å². The molecule has 13 nitrogen and oxygen atoms in total. The lowest BCUT2D eigenvalue weighted by molar-refractivity contribution is -0.147. The van der Waals surface area contributed by atoms with Crippen LogP contribution < -0.4 is 27.2 Å². The van der Waals surface area contributed by atoms with E-state index in [0.29, 0.717) is 13.0 Å². The van der Waals surface area contributed by atoms with Gasteiger partial charge in [0.1, 0.15) is 12.1 Å². The third-order valence-corrected chi connectivity index (χ3v) is 2.82. The summed E-state index contributed by atoms with van der Waals surface area (Å²) >= 11 is 0.